The number of fused-ring (bicyclic) bond motifs is 1. The fourth-order valence-corrected chi connectivity index (χ4v) is 3.72. The molecule has 0 saturated carbocycles. The van der Waals surface area contributed by atoms with E-state index in [2.05, 4.69) is 15.0 Å². The van der Waals surface area contributed by atoms with Crippen molar-refractivity contribution in [3.63, 3.8) is 0 Å². The average molecular weight is 416 g/mol. The first kappa shape index (κ1) is 19.0. The molecular weight excluding hydrogens is 396 g/mol. The molecule has 5 rings (SSSR count). The Labute approximate surface area is 177 Å². The second-order valence-electron chi connectivity index (χ2n) is 7.36. The smallest absolute Gasteiger partial charge is 0.289 e. The number of carbonyl (C=O) groups excluding carboxylic acids is 2. The number of furan rings is 1. The van der Waals surface area contributed by atoms with Gasteiger partial charge in [0.2, 0.25) is 0 Å². The summed E-state index contributed by atoms with van der Waals surface area (Å²) in [4.78, 5) is 41.8. The molecule has 0 aliphatic carbocycles. The highest BCUT2D eigenvalue weighted by atomic mass is 16.3. The highest BCUT2D eigenvalue weighted by molar-refractivity contribution is 5.97. The van der Waals surface area contributed by atoms with Crippen LogP contribution in [-0.4, -0.2) is 67.3 Å². The number of piperazine rings is 1. The number of aromatic nitrogens is 4. The maximum atomic E-state index is 13.0. The van der Waals surface area contributed by atoms with Crippen molar-refractivity contribution in [1.82, 2.24) is 29.3 Å². The van der Waals surface area contributed by atoms with Gasteiger partial charge in [0, 0.05) is 44.8 Å². The fourth-order valence-electron chi connectivity index (χ4n) is 3.72. The Balaban J connectivity index is 1.27. The lowest BCUT2D eigenvalue weighted by Gasteiger charge is -2.34. The number of carbonyl (C=O) groups is 2. The van der Waals surface area contributed by atoms with E-state index in [9.17, 15) is 9.59 Å². The van der Waals surface area contributed by atoms with Gasteiger partial charge >= 0.3 is 0 Å². The SMILES string of the molecule is O=C(c1cnc2c(c1)ncn2Cc1cccnc1)N1CCN(C(=O)c2ccco2)CC1. The number of nitrogens with zero attached hydrogens (tertiary/aromatic N) is 6. The number of hydrogen-bond acceptors (Lipinski definition) is 6. The molecule has 1 fully saturated rings. The van der Waals surface area contributed by atoms with Crippen molar-refractivity contribution in [2.24, 2.45) is 0 Å². The molecule has 4 aromatic heterocycles. The van der Waals surface area contributed by atoms with Gasteiger partial charge in [-0.15, -0.1) is 0 Å². The second-order valence-corrected chi connectivity index (χ2v) is 7.36. The van der Waals surface area contributed by atoms with Crippen LogP contribution in [0.15, 0.2) is 65.9 Å². The standard InChI is InChI=1S/C22H20N6O3/c29-21(26-6-8-27(9-7-26)22(30)19-4-2-10-31-19)17-11-18-20(24-13-17)28(15-25-18)14-16-3-1-5-23-12-16/h1-5,10-13,15H,6-9,14H2. The quantitative estimate of drug-likeness (QED) is 0.505. The summed E-state index contributed by atoms with van der Waals surface area (Å²) < 4.78 is 7.11. The van der Waals surface area contributed by atoms with Gasteiger partial charge < -0.3 is 18.8 Å². The lowest BCUT2D eigenvalue weighted by atomic mass is 10.2. The first-order valence-electron chi connectivity index (χ1n) is 10.0. The molecule has 31 heavy (non-hydrogen) atoms. The third-order valence-corrected chi connectivity index (χ3v) is 5.36. The third kappa shape index (κ3) is 3.77. The Bertz CT molecular complexity index is 1210. The first-order valence-corrected chi connectivity index (χ1v) is 10.0. The zero-order chi connectivity index (χ0) is 21.2. The summed E-state index contributed by atoms with van der Waals surface area (Å²) >= 11 is 0. The van der Waals surface area contributed by atoms with Gasteiger partial charge in [-0.1, -0.05) is 6.07 Å². The molecule has 0 aromatic carbocycles. The van der Waals surface area contributed by atoms with Crippen LogP contribution in [0.2, 0.25) is 0 Å². The zero-order valence-corrected chi connectivity index (χ0v) is 16.7. The summed E-state index contributed by atoms with van der Waals surface area (Å²) in [6.07, 6.45) is 8.33. The van der Waals surface area contributed by atoms with E-state index in [0.717, 1.165) is 5.56 Å². The summed E-state index contributed by atoms with van der Waals surface area (Å²) in [6, 6.07) is 8.99. The van der Waals surface area contributed by atoms with Crippen LogP contribution < -0.4 is 0 Å². The fraction of sp³-hybridized carbons (Fsp3) is 0.227. The van der Waals surface area contributed by atoms with E-state index in [1.165, 1.54) is 6.26 Å². The van der Waals surface area contributed by atoms with Gasteiger partial charge in [-0.05, 0) is 29.8 Å². The van der Waals surface area contributed by atoms with Crippen LogP contribution in [0, 0.1) is 0 Å². The van der Waals surface area contributed by atoms with Gasteiger partial charge in [-0.3, -0.25) is 14.6 Å². The van der Waals surface area contributed by atoms with Crippen molar-refractivity contribution < 1.29 is 14.0 Å². The number of amides is 2. The van der Waals surface area contributed by atoms with Gasteiger partial charge in [-0.2, -0.15) is 0 Å². The minimum atomic E-state index is -0.153. The molecule has 0 radical (unpaired) electrons. The Morgan fingerprint density at radius 3 is 2.48 bits per heavy atom. The first-order chi connectivity index (χ1) is 15.2. The zero-order valence-electron chi connectivity index (χ0n) is 16.7. The molecule has 156 valence electrons. The van der Waals surface area contributed by atoms with Gasteiger partial charge in [0.25, 0.3) is 11.8 Å². The van der Waals surface area contributed by atoms with Gasteiger partial charge in [-0.25, -0.2) is 9.97 Å². The lowest BCUT2D eigenvalue weighted by Crippen LogP contribution is -2.50. The predicted octanol–water partition coefficient (Wildman–Crippen LogP) is 2.07. The number of pyridine rings is 2. The monoisotopic (exact) mass is 416 g/mol. The summed E-state index contributed by atoms with van der Waals surface area (Å²) in [5.41, 5.74) is 2.92. The largest absolute Gasteiger partial charge is 0.459 e. The van der Waals surface area contributed by atoms with Crippen LogP contribution in [-0.2, 0) is 6.54 Å². The molecule has 5 heterocycles. The second kappa shape index (κ2) is 8.02. The normalized spacial score (nSPS) is 14.2. The minimum Gasteiger partial charge on any atom is -0.459 e. The van der Waals surface area contributed by atoms with Gasteiger partial charge in [0.1, 0.15) is 5.52 Å². The molecule has 0 spiro atoms. The van der Waals surface area contributed by atoms with E-state index >= 15 is 0 Å². The van der Waals surface area contributed by atoms with E-state index in [1.807, 2.05) is 16.7 Å². The van der Waals surface area contributed by atoms with Crippen LogP contribution in [0.4, 0.5) is 0 Å². The molecule has 1 aliphatic rings. The van der Waals surface area contributed by atoms with E-state index in [-0.39, 0.29) is 11.8 Å². The molecular formula is C22H20N6O3. The molecule has 0 N–H and O–H groups in total. The summed E-state index contributed by atoms with van der Waals surface area (Å²) in [5, 5.41) is 0. The highest BCUT2D eigenvalue weighted by Gasteiger charge is 2.27. The summed E-state index contributed by atoms with van der Waals surface area (Å²) in [7, 11) is 0. The van der Waals surface area contributed by atoms with E-state index in [0.29, 0.717) is 55.2 Å². The van der Waals surface area contributed by atoms with E-state index in [4.69, 9.17) is 4.42 Å². The molecule has 1 saturated heterocycles. The van der Waals surface area contributed by atoms with Crippen molar-refractivity contribution in [2.75, 3.05) is 26.2 Å². The number of rotatable bonds is 4. The Morgan fingerprint density at radius 2 is 1.77 bits per heavy atom. The van der Waals surface area contributed by atoms with Crippen LogP contribution in [0.1, 0.15) is 26.5 Å². The molecule has 1 aliphatic heterocycles. The molecule has 0 atom stereocenters. The van der Waals surface area contributed by atoms with E-state index < -0.39 is 0 Å². The Kier molecular flexibility index (Phi) is 4.91. The predicted molar refractivity (Wildman–Crippen MR) is 111 cm³/mol. The van der Waals surface area contributed by atoms with Crippen LogP contribution >= 0.6 is 0 Å². The lowest BCUT2D eigenvalue weighted by molar-refractivity contribution is 0.0518. The van der Waals surface area contributed by atoms with Crippen molar-refractivity contribution in [1.29, 1.82) is 0 Å². The average Bonchev–Trinajstić information content (AvgIpc) is 3.49. The van der Waals surface area contributed by atoms with Crippen LogP contribution in [0.25, 0.3) is 11.2 Å². The van der Waals surface area contributed by atoms with Crippen molar-refractivity contribution in [2.45, 2.75) is 6.54 Å². The van der Waals surface area contributed by atoms with Crippen LogP contribution in [0.3, 0.4) is 0 Å². The molecule has 0 unspecified atom stereocenters. The number of hydrogen-bond donors (Lipinski definition) is 0. The topological polar surface area (TPSA) is 97.4 Å². The van der Waals surface area contributed by atoms with Gasteiger partial charge in [0.05, 0.1) is 24.7 Å². The Hall–Kier alpha value is -4.01. The molecule has 2 amide bonds. The van der Waals surface area contributed by atoms with Crippen LogP contribution in [0.5, 0.6) is 0 Å². The minimum absolute atomic E-state index is 0.110. The van der Waals surface area contributed by atoms with Crippen molar-refractivity contribution in [3.8, 4) is 0 Å². The molecule has 0 bridgehead atoms. The van der Waals surface area contributed by atoms with Crippen molar-refractivity contribution >= 4 is 23.0 Å². The molecule has 4 aromatic rings. The Morgan fingerprint density at radius 1 is 0.968 bits per heavy atom. The van der Waals surface area contributed by atoms with E-state index in [1.54, 1.807) is 52.9 Å². The number of imidazole rings is 1. The van der Waals surface area contributed by atoms with Crippen molar-refractivity contribution in [3.05, 3.63) is 78.4 Å². The summed E-state index contributed by atoms with van der Waals surface area (Å²) in [6.45, 7) is 2.44. The highest BCUT2D eigenvalue weighted by Crippen LogP contribution is 2.17. The van der Waals surface area contributed by atoms with Gasteiger partial charge in [0.15, 0.2) is 11.4 Å². The maximum Gasteiger partial charge on any atom is 0.289 e. The molecule has 9 nitrogen and oxygen atoms in total. The molecule has 9 heteroatoms. The maximum absolute atomic E-state index is 13.0. The summed E-state index contributed by atoms with van der Waals surface area (Å²) in [5.74, 6) is 0.0527. The third-order valence-electron chi connectivity index (χ3n) is 5.36.